The third-order valence-corrected chi connectivity index (χ3v) is 4.15. The smallest absolute Gasteiger partial charge is 0.668 e. The van der Waals surface area contributed by atoms with Gasteiger partial charge >= 0.3 is 21.7 Å². The van der Waals surface area contributed by atoms with Gasteiger partial charge in [-0.3, -0.25) is 0 Å². The summed E-state index contributed by atoms with van der Waals surface area (Å²) in [5.41, 5.74) is 0. The van der Waals surface area contributed by atoms with Gasteiger partial charge in [-0.2, -0.15) is 42.3 Å². The molecular formula is C21H46N6Ti. The van der Waals surface area contributed by atoms with E-state index in [0.29, 0.717) is 12.1 Å². The number of hydrogen-bond acceptors (Lipinski definition) is 1. The third kappa shape index (κ3) is 20.6. The van der Waals surface area contributed by atoms with Crippen LogP contribution in [0.25, 0.3) is 21.3 Å². The molecule has 0 aromatic heterocycles. The van der Waals surface area contributed by atoms with Gasteiger partial charge in [0.2, 0.25) is 0 Å². The van der Waals surface area contributed by atoms with Crippen molar-refractivity contribution in [2.75, 3.05) is 56.4 Å². The van der Waals surface area contributed by atoms with Crippen LogP contribution < -0.4 is 0 Å². The van der Waals surface area contributed by atoms with Gasteiger partial charge < -0.3 is 31.2 Å². The summed E-state index contributed by atoms with van der Waals surface area (Å²) in [5, 5.41) is 15.4. The summed E-state index contributed by atoms with van der Waals surface area (Å²) >= 11 is 0. The molecule has 2 aliphatic carbocycles. The molecule has 0 amide bonds. The first-order valence-corrected chi connectivity index (χ1v) is 10.4. The Balaban J connectivity index is -0.000000535. The van der Waals surface area contributed by atoms with Crippen LogP contribution >= 0.6 is 0 Å². The molecule has 164 valence electrons. The van der Waals surface area contributed by atoms with E-state index in [9.17, 15) is 0 Å². The number of rotatable bonds is 2. The molecular weight excluding hydrogens is 384 g/mol. The number of nitrogens with zero attached hydrogens (tertiary/aromatic N) is 6. The summed E-state index contributed by atoms with van der Waals surface area (Å²) in [6, 6.07) is 1.06. The number of guanidine groups is 1. The van der Waals surface area contributed by atoms with E-state index in [4.69, 9.17) is 10.3 Å². The number of hydrogen-bond donors (Lipinski definition) is 0. The van der Waals surface area contributed by atoms with Gasteiger partial charge in [-0.15, -0.1) is 0 Å². The first-order chi connectivity index (χ1) is 13.0. The second-order valence-electron chi connectivity index (χ2n) is 7.38. The second-order valence-corrected chi connectivity index (χ2v) is 7.38. The van der Waals surface area contributed by atoms with E-state index in [1.54, 1.807) is 42.3 Å². The zero-order valence-corrected chi connectivity index (χ0v) is 21.5. The van der Waals surface area contributed by atoms with Crippen LogP contribution in [-0.2, 0) is 21.7 Å². The molecule has 0 spiro atoms. The summed E-state index contributed by atoms with van der Waals surface area (Å²) in [4.78, 5) is 7.01. The molecule has 0 bridgehead atoms. The van der Waals surface area contributed by atoms with Gasteiger partial charge in [-0.05, 0) is 51.9 Å². The Kier molecular flexibility index (Phi) is 28.9. The Morgan fingerprint density at radius 2 is 1.04 bits per heavy atom. The molecule has 0 N–H and O–H groups in total. The standard InChI is InChI=1S/C15H28N3.3C2H6N.Ti/c1-18(2)15(16-13-9-5-3-6-10-13)17-14-11-7-4-8-12-14;3*1-3-2;/h13-14H,3-12H2,1-2H3;3*1-2H3;/q4*-1;+4. The molecule has 7 heteroatoms. The van der Waals surface area contributed by atoms with Crippen molar-refractivity contribution in [1.29, 1.82) is 0 Å². The minimum absolute atomic E-state index is 0. The molecule has 0 heterocycles. The Morgan fingerprint density at radius 1 is 0.679 bits per heavy atom. The van der Waals surface area contributed by atoms with E-state index in [-0.39, 0.29) is 21.7 Å². The van der Waals surface area contributed by atoms with Crippen molar-refractivity contribution in [3.8, 4) is 0 Å². The predicted molar refractivity (Wildman–Crippen MR) is 124 cm³/mol. The fraction of sp³-hybridized carbons (Fsp3) is 0.952. The van der Waals surface area contributed by atoms with Gasteiger partial charge in [0.05, 0.1) is 0 Å². The van der Waals surface area contributed by atoms with E-state index in [0.717, 1.165) is 5.96 Å². The molecule has 0 aromatic carbocycles. The Morgan fingerprint density at radius 3 is 1.39 bits per heavy atom. The van der Waals surface area contributed by atoms with Gasteiger partial charge in [0.15, 0.2) is 0 Å². The quantitative estimate of drug-likeness (QED) is 0.310. The van der Waals surface area contributed by atoms with Crippen molar-refractivity contribution < 1.29 is 21.7 Å². The molecule has 6 nitrogen and oxygen atoms in total. The predicted octanol–water partition coefficient (Wildman–Crippen LogP) is 5.80. The van der Waals surface area contributed by atoms with Gasteiger partial charge in [0.1, 0.15) is 0 Å². The van der Waals surface area contributed by atoms with Crippen molar-refractivity contribution in [3.63, 3.8) is 0 Å². The van der Waals surface area contributed by atoms with Crippen molar-refractivity contribution >= 4 is 5.96 Å². The molecule has 28 heavy (non-hydrogen) atoms. The van der Waals surface area contributed by atoms with Crippen LogP contribution in [0.4, 0.5) is 0 Å². The van der Waals surface area contributed by atoms with Crippen LogP contribution in [0, 0.1) is 0 Å². The minimum Gasteiger partial charge on any atom is -0.668 e. The summed E-state index contributed by atoms with van der Waals surface area (Å²) in [6.07, 6.45) is 13.2. The molecule has 2 aliphatic rings. The molecule has 0 saturated heterocycles. The summed E-state index contributed by atoms with van der Waals surface area (Å²) in [7, 11) is 14.7. The topological polar surface area (TPSA) is 72.0 Å². The average Bonchev–Trinajstić information content (AvgIpc) is 2.65. The first-order valence-electron chi connectivity index (χ1n) is 10.4. The van der Waals surface area contributed by atoms with Crippen molar-refractivity contribution in [2.45, 2.75) is 76.3 Å². The van der Waals surface area contributed by atoms with Crippen molar-refractivity contribution in [2.24, 2.45) is 4.99 Å². The third-order valence-electron chi connectivity index (χ3n) is 4.15. The normalized spacial score (nSPS) is 17.4. The molecule has 0 unspecified atom stereocenters. The summed E-state index contributed by atoms with van der Waals surface area (Å²) in [5.74, 6) is 0.994. The molecule has 0 atom stereocenters. The van der Waals surface area contributed by atoms with Crippen LogP contribution in [0.1, 0.15) is 64.2 Å². The van der Waals surface area contributed by atoms with E-state index in [2.05, 4.69) is 34.9 Å². The van der Waals surface area contributed by atoms with Crippen LogP contribution in [-0.4, -0.2) is 79.3 Å². The Bertz CT molecular complexity index is 309. The van der Waals surface area contributed by atoms with Crippen LogP contribution in [0.2, 0.25) is 0 Å². The SMILES string of the molecule is CN(C)C(=NC1CCCCC1)[N-]C1CCCCC1.C[N-]C.C[N-]C.C[N-]C.[Ti+4]. The van der Waals surface area contributed by atoms with Crippen molar-refractivity contribution in [3.05, 3.63) is 21.3 Å². The Hall–Kier alpha value is -0.136. The van der Waals surface area contributed by atoms with E-state index in [1.807, 2.05) is 0 Å². The van der Waals surface area contributed by atoms with Crippen LogP contribution in [0.5, 0.6) is 0 Å². The fourth-order valence-corrected chi connectivity index (χ4v) is 3.01. The zero-order chi connectivity index (χ0) is 20.9. The molecule has 0 aromatic rings. The largest absolute Gasteiger partial charge is 4.00 e. The monoisotopic (exact) mass is 430 g/mol. The maximum atomic E-state index is 4.91. The maximum absolute atomic E-state index is 4.91. The molecule has 0 aliphatic heterocycles. The average molecular weight is 431 g/mol. The molecule has 2 saturated carbocycles. The van der Waals surface area contributed by atoms with Crippen LogP contribution in [0.3, 0.4) is 0 Å². The summed E-state index contributed by atoms with van der Waals surface area (Å²) in [6.45, 7) is 0. The maximum Gasteiger partial charge on any atom is 4.00 e. The minimum atomic E-state index is 0. The molecule has 2 fully saturated rings. The van der Waals surface area contributed by atoms with Crippen molar-refractivity contribution in [1.82, 2.24) is 4.90 Å². The van der Waals surface area contributed by atoms with Gasteiger partial charge in [0.25, 0.3) is 0 Å². The van der Waals surface area contributed by atoms with E-state index >= 15 is 0 Å². The fourth-order valence-electron chi connectivity index (χ4n) is 3.01. The van der Waals surface area contributed by atoms with E-state index < -0.39 is 0 Å². The molecule has 0 radical (unpaired) electrons. The van der Waals surface area contributed by atoms with Gasteiger partial charge in [-0.25, -0.2) is 0 Å². The first kappa shape index (κ1) is 32.5. The molecule has 2 rings (SSSR count). The van der Waals surface area contributed by atoms with Gasteiger partial charge in [0, 0.05) is 5.96 Å². The Labute approximate surface area is 191 Å². The second kappa shape index (κ2) is 24.9. The van der Waals surface area contributed by atoms with E-state index in [1.165, 1.54) is 64.2 Å². The zero-order valence-electron chi connectivity index (χ0n) is 19.9. The van der Waals surface area contributed by atoms with Crippen LogP contribution in [0.15, 0.2) is 4.99 Å². The summed E-state index contributed by atoms with van der Waals surface area (Å²) < 4.78 is 0. The van der Waals surface area contributed by atoms with Gasteiger partial charge in [-0.1, -0.05) is 38.5 Å². The number of aliphatic imine (C=N–C) groups is 1.